The molecule has 0 aromatic heterocycles. The van der Waals surface area contributed by atoms with Crippen LogP contribution in [0.1, 0.15) is 117 Å². The van der Waals surface area contributed by atoms with Crippen molar-refractivity contribution in [1.29, 1.82) is 0 Å². The van der Waals surface area contributed by atoms with E-state index in [1.54, 1.807) is 14.2 Å². The maximum atomic E-state index is 12.3. The second-order valence-corrected chi connectivity index (χ2v) is 9.54. The second kappa shape index (κ2) is 16.1. The first kappa shape index (κ1) is 26.4. The highest BCUT2D eigenvalue weighted by Gasteiger charge is 2.33. The van der Waals surface area contributed by atoms with Gasteiger partial charge in [-0.2, -0.15) is 0 Å². The van der Waals surface area contributed by atoms with Gasteiger partial charge in [-0.05, 0) is 31.1 Å². The van der Waals surface area contributed by atoms with Crippen molar-refractivity contribution >= 4 is 5.78 Å². The first-order valence-corrected chi connectivity index (χ1v) is 12.3. The van der Waals surface area contributed by atoms with Crippen LogP contribution < -0.4 is 0 Å². The highest BCUT2D eigenvalue weighted by molar-refractivity contribution is 5.97. The topological polar surface area (TPSA) is 35.5 Å². The number of unbranched alkanes of at least 4 members (excludes halogenated alkanes) is 12. The molecule has 0 heterocycles. The quantitative estimate of drug-likeness (QED) is 0.221. The van der Waals surface area contributed by atoms with E-state index in [9.17, 15) is 4.79 Å². The Balaban J connectivity index is 2.05. The van der Waals surface area contributed by atoms with Crippen LogP contribution in [-0.2, 0) is 14.3 Å². The molecule has 0 aliphatic heterocycles. The smallest absolute Gasteiger partial charge is 0.161 e. The van der Waals surface area contributed by atoms with Gasteiger partial charge in [0.15, 0.2) is 5.78 Å². The summed E-state index contributed by atoms with van der Waals surface area (Å²) < 4.78 is 10.4. The van der Waals surface area contributed by atoms with Gasteiger partial charge in [-0.1, -0.05) is 90.0 Å². The summed E-state index contributed by atoms with van der Waals surface area (Å²) in [5.41, 5.74) is 2.51. The molecule has 1 aliphatic rings. The Morgan fingerprint density at radius 1 is 0.724 bits per heavy atom. The third-order valence-electron chi connectivity index (χ3n) is 6.56. The monoisotopic (exact) mass is 408 g/mol. The van der Waals surface area contributed by atoms with Crippen LogP contribution in [0.4, 0.5) is 0 Å². The summed E-state index contributed by atoms with van der Waals surface area (Å²) in [7, 11) is 3.48. The fourth-order valence-electron chi connectivity index (χ4n) is 4.60. The molecule has 0 aromatic rings. The number of hydrogen-bond donors (Lipinski definition) is 0. The third kappa shape index (κ3) is 11.3. The number of methoxy groups -OCH3 is 2. The molecule has 1 rings (SSSR count). The third-order valence-corrected chi connectivity index (χ3v) is 6.56. The maximum Gasteiger partial charge on any atom is 0.161 e. The Hall–Kier alpha value is -0.670. The summed E-state index contributed by atoms with van der Waals surface area (Å²) in [6, 6.07) is 0. The van der Waals surface area contributed by atoms with E-state index in [1.165, 1.54) is 89.0 Å². The van der Waals surface area contributed by atoms with Gasteiger partial charge in [0, 0.05) is 32.8 Å². The highest BCUT2D eigenvalue weighted by Crippen LogP contribution is 2.41. The van der Waals surface area contributed by atoms with Gasteiger partial charge in [-0.15, -0.1) is 0 Å². The number of allylic oxidation sites excluding steroid dienone is 1. The standard InChI is InChI=1S/C26H48O3/c1-26(2)20-19-25(27)23(22-29-4)24(26)18-16-14-12-10-8-6-5-7-9-11-13-15-17-21-28-3/h5-22H2,1-4H3. The van der Waals surface area contributed by atoms with Crippen LogP contribution >= 0.6 is 0 Å². The Kier molecular flexibility index (Phi) is 14.6. The predicted octanol–water partition coefficient (Wildman–Crippen LogP) is 7.43. The van der Waals surface area contributed by atoms with Crippen LogP contribution in [-0.4, -0.2) is 33.2 Å². The largest absolute Gasteiger partial charge is 0.385 e. The zero-order chi connectivity index (χ0) is 21.4. The molecule has 0 fully saturated rings. The van der Waals surface area contributed by atoms with Crippen LogP contribution in [0.5, 0.6) is 0 Å². The first-order chi connectivity index (χ1) is 14.0. The van der Waals surface area contributed by atoms with Crippen LogP contribution in [0.15, 0.2) is 11.1 Å². The lowest BCUT2D eigenvalue weighted by atomic mass is 9.70. The molecule has 0 radical (unpaired) electrons. The molecule has 0 spiro atoms. The Morgan fingerprint density at radius 2 is 1.21 bits per heavy atom. The van der Waals surface area contributed by atoms with Crippen LogP contribution in [0, 0.1) is 5.41 Å². The molecule has 0 N–H and O–H groups in total. The van der Waals surface area contributed by atoms with Crippen LogP contribution in [0.2, 0.25) is 0 Å². The zero-order valence-corrected chi connectivity index (χ0v) is 20.0. The van der Waals surface area contributed by atoms with Gasteiger partial charge in [0.25, 0.3) is 0 Å². The lowest BCUT2D eigenvalue weighted by Gasteiger charge is -2.34. The van der Waals surface area contributed by atoms with Crippen molar-refractivity contribution in [3.8, 4) is 0 Å². The van der Waals surface area contributed by atoms with E-state index in [1.807, 2.05) is 0 Å². The molecule has 170 valence electrons. The van der Waals surface area contributed by atoms with Gasteiger partial charge in [-0.3, -0.25) is 4.79 Å². The lowest BCUT2D eigenvalue weighted by molar-refractivity contribution is -0.117. The fraction of sp³-hybridized carbons (Fsp3) is 0.885. The average Bonchev–Trinajstić information content (AvgIpc) is 2.69. The summed E-state index contributed by atoms with van der Waals surface area (Å²) >= 11 is 0. The molecule has 0 atom stereocenters. The van der Waals surface area contributed by atoms with Gasteiger partial charge in [0.2, 0.25) is 0 Å². The van der Waals surface area contributed by atoms with Crippen LogP contribution in [0.3, 0.4) is 0 Å². The molecule has 0 aromatic carbocycles. The van der Waals surface area contributed by atoms with Crippen molar-refractivity contribution in [2.24, 2.45) is 5.41 Å². The Labute approximate surface area is 181 Å². The SMILES string of the molecule is COCCCCCCCCCCCCCCCC1=C(COC)C(=O)CCC1(C)C. The molecule has 3 nitrogen and oxygen atoms in total. The molecule has 0 saturated heterocycles. The number of rotatable bonds is 18. The molecule has 1 aliphatic carbocycles. The number of carbonyl (C=O) groups excluding carboxylic acids is 1. The number of carbonyl (C=O) groups is 1. The van der Waals surface area contributed by atoms with Crippen molar-refractivity contribution in [2.45, 2.75) is 117 Å². The second-order valence-electron chi connectivity index (χ2n) is 9.54. The summed E-state index contributed by atoms with van der Waals surface area (Å²) in [6.45, 7) is 6.00. The average molecular weight is 409 g/mol. The predicted molar refractivity (Wildman–Crippen MR) is 123 cm³/mol. The van der Waals surface area contributed by atoms with E-state index in [4.69, 9.17) is 9.47 Å². The van der Waals surface area contributed by atoms with E-state index in [2.05, 4.69) is 13.8 Å². The normalized spacial score (nSPS) is 16.6. The molecule has 0 amide bonds. The molecule has 29 heavy (non-hydrogen) atoms. The summed E-state index contributed by atoms with van der Waals surface area (Å²) in [5, 5.41) is 0. The molecule has 0 saturated carbocycles. The van der Waals surface area contributed by atoms with Gasteiger partial charge in [0.05, 0.1) is 6.61 Å². The van der Waals surface area contributed by atoms with E-state index < -0.39 is 0 Å². The lowest BCUT2D eigenvalue weighted by Crippen LogP contribution is -2.28. The van der Waals surface area contributed by atoms with E-state index in [0.29, 0.717) is 18.8 Å². The van der Waals surface area contributed by atoms with Gasteiger partial charge in [-0.25, -0.2) is 0 Å². The van der Waals surface area contributed by atoms with Crippen molar-refractivity contribution < 1.29 is 14.3 Å². The Morgan fingerprint density at radius 3 is 1.69 bits per heavy atom. The van der Waals surface area contributed by atoms with Crippen molar-refractivity contribution in [1.82, 2.24) is 0 Å². The van der Waals surface area contributed by atoms with Gasteiger partial charge < -0.3 is 9.47 Å². The number of ether oxygens (including phenoxy) is 2. The number of ketones is 1. The highest BCUT2D eigenvalue weighted by atomic mass is 16.5. The number of hydrogen-bond acceptors (Lipinski definition) is 3. The van der Waals surface area contributed by atoms with Crippen molar-refractivity contribution in [3.05, 3.63) is 11.1 Å². The minimum absolute atomic E-state index is 0.158. The van der Waals surface area contributed by atoms with E-state index >= 15 is 0 Å². The van der Waals surface area contributed by atoms with E-state index in [0.717, 1.165) is 25.0 Å². The first-order valence-electron chi connectivity index (χ1n) is 12.3. The molecular weight excluding hydrogens is 360 g/mol. The zero-order valence-electron chi connectivity index (χ0n) is 20.0. The summed E-state index contributed by atoms with van der Waals surface area (Å²) in [6.07, 6.45) is 20.2. The summed E-state index contributed by atoms with van der Waals surface area (Å²) in [5.74, 6) is 0.316. The van der Waals surface area contributed by atoms with Crippen molar-refractivity contribution in [3.63, 3.8) is 0 Å². The molecule has 3 heteroatoms. The van der Waals surface area contributed by atoms with Gasteiger partial charge in [0.1, 0.15) is 0 Å². The molecule has 0 bridgehead atoms. The van der Waals surface area contributed by atoms with Crippen molar-refractivity contribution in [2.75, 3.05) is 27.4 Å². The molecule has 0 unspecified atom stereocenters. The fourth-order valence-corrected chi connectivity index (χ4v) is 4.60. The number of Topliss-reactive ketones (excluding diaryl/α,β-unsaturated/α-hetero) is 1. The van der Waals surface area contributed by atoms with Crippen LogP contribution in [0.25, 0.3) is 0 Å². The van der Waals surface area contributed by atoms with E-state index in [-0.39, 0.29) is 5.41 Å². The molecular formula is C26H48O3. The Bertz CT molecular complexity index is 465. The summed E-state index contributed by atoms with van der Waals surface area (Å²) in [4.78, 5) is 12.3. The van der Waals surface area contributed by atoms with Gasteiger partial charge >= 0.3 is 0 Å². The minimum Gasteiger partial charge on any atom is -0.385 e. The maximum absolute atomic E-state index is 12.3. The minimum atomic E-state index is 0.158.